The number of unbranched alkanes of at least 4 members (excludes halogenated alkanes) is 1. The van der Waals surface area contributed by atoms with E-state index in [-0.39, 0.29) is 5.78 Å². The Morgan fingerprint density at radius 3 is 2.60 bits per heavy atom. The van der Waals surface area contributed by atoms with Crippen molar-refractivity contribution in [3.63, 3.8) is 0 Å². The molecule has 0 spiro atoms. The molecule has 0 fully saturated rings. The summed E-state index contributed by atoms with van der Waals surface area (Å²) in [5.74, 6) is 0.278. The SMILES string of the molecule is CCCCc1ccc(CC(=O)CCn2ccnc2)cc1. The van der Waals surface area contributed by atoms with Gasteiger partial charge in [0, 0.05) is 31.8 Å². The summed E-state index contributed by atoms with van der Waals surface area (Å²) in [7, 11) is 0. The number of benzene rings is 1. The number of hydrogen-bond donors (Lipinski definition) is 0. The second-order valence-corrected chi connectivity index (χ2v) is 5.19. The molecule has 0 radical (unpaired) electrons. The third kappa shape index (κ3) is 4.65. The van der Waals surface area contributed by atoms with Crippen molar-refractivity contribution < 1.29 is 4.79 Å². The molecule has 3 nitrogen and oxygen atoms in total. The highest BCUT2D eigenvalue weighted by atomic mass is 16.1. The molecular weight excluding hydrogens is 248 g/mol. The van der Waals surface area contributed by atoms with Crippen LogP contribution in [0.2, 0.25) is 0 Å². The fourth-order valence-electron chi connectivity index (χ4n) is 2.19. The Balaban J connectivity index is 1.78. The summed E-state index contributed by atoms with van der Waals surface area (Å²) in [4.78, 5) is 15.9. The molecule has 20 heavy (non-hydrogen) atoms. The molecule has 1 aromatic carbocycles. The summed E-state index contributed by atoms with van der Waals surface area (Å²) in [5, 5.41) is 0. The van der Waals surface area contributed by atoms with Crippen LogP contribution in [-0.2, 0) is 24.2 Å². The average molecular weight is 270 g/mol. The number of aromatic nitrogens is 2. The Morgan fingerprint density at radius 1 is 1.20 bits per heavy atom. The molecule has 0 aliphatic rings. The zero-order valence-corrected chi connectivity index (χ0v) is 12.1. The van der Waals surface area contributed by atoms with E-state index in [1.165, 1.54) is 18.4 Å². The minimum absolute atomic E-state index is 0.278. The van der Waals surface area contributed by atoms with E-state index in [1.54, 1.807) is 12.5 Å². The minimum atomic E-state index is 0.278. The number of carbonyl (C=O) groups excluding carboxylic acids is 1. The first-order valence-electron chi connectivity index (χ1n) is 7.33. The van der Waals surface area contributed by atoms with Crippen molar-refractivity contribution in [3.8, 4) is 0 Å². The summed E-state index contributed by atoms with van der Waals surface area (Å²) in [6, 6.07) is 8.46. The standard InChI is InChI=1S/C17H22N2O/c1-2-3-4-15-5-7-16(8-6-15)13-17(20)9-11-19-12-10-18-14-19/h5-8,10,12,14H,2-4,9,11,13H2,1H3. The van der Waals surface area contributed by atoms with Gasteiger partial charge in [-0.1, -0.05) is 37.6 Å². The number of carbonyl (C=O) groups is 1. The third-order valence-electron chi connectivity index (χ3n) is 3.45. The summed E-state index contributed by atoms with van der Waals surface area (Å²) >= 11 is 0. The van der Waals surface area contributed by atoms with Crippen LogP contribution < -0.4 is 0 Å². The van der Waals surface area contributed by atoms with Gasteiger partial charge in [0.1, 0.15) is 5.78 Å². The lowest BCUT2D eigenvalue weighted by molar-refractivity contribution is -0.118. The first-order valence-corrected chi connectivity index (χ1v) is 7.33. The first-order chi connectivity index (χ1) is 9.78. The minimum Gasteiger partial charge on any atom is -0.337 e. The van der Waals surface area contributed by atoms with Crippen LogP contribution in [0.4, 0.5) is 0 Å². The predicted molar refractivity (Wildman–Crippen MR) is 80.6 cm³/mol. The van der Waals surface area contributed by atoms with E-state index in [2.05, 4.69) is 36.2 Å². The third-order valence-corrected chi connectivity index (χ3v) is 3.45. The Labute approximate surface area is 120 Å². The predicted octanol–water partition coefficient (Wildman–Crippen LogP) is 3.43. The summed E-state index contributed by atoms with van der Waals surface area (Å²) in [6.07, 6.45) is 10.0. The molecule has 0 atom stereocenters. The Bertz CT molecular complexity index is 514. The molecular formula is C17H22N2O. The van der Waals surface area contributed by atoms with E-state index in [0.29, 0.717) is 19.4 Å². The second kappa shape index (κ2) is 7.63. The monoisotopic (exact) mass is 270 g/mol. The molecule has 0 amide bonds. The van der Waals surface area contributed by atoms with Gasteiger partial charge in [0.2, 0.25) is 0 Å². The van der Waals surface area contributed by atoms with E-state index >= 15 is 0 Å². The Kier molecular flexibility index (Phi) is 5.54. The van der Waals surface area contributed by atoms with Crippen molar-refractivity contribution in [2.75, 3.05) is 0 Å². The zero-order valence-electron chi connectivity index (χ0n) is 12.1. The van der Waals surface area contributed by atoms with Crippen LogP contribution in [0.15, 0.2) is 43.0 Å². The molecule has 0 unspecified atom stereocenters. The van der Waals surface area contributed by atoms with Crippen molar-refractivity contribution in [1.82, 2.24) is 9.55 Å². The van der Waals surface area contributed by atoms with Gasteiger partial charge < -0.3 is 4.57 Å². The van der Waals surface area contributed by atoms with Crippen molar-refractivity contribution in [2.45, 2.75) is 45.6 Å². The number of nitrogens with zero attached hydrogens (tertiary/aromatic N) is 2. The van der Waals surface area contributed by atoms with E-state index in [4.69, 9.17) is 0 Å². The number of Topliss-reactive ketones (excluding diaryl/α,β-unsaturated/α-hetero) is 1. The normalized spacial score (nSPS) is 10.7. The van der Waals surface area contributed by atoms with Gasteiger partial charge >= 0.3 is 0 Å². The lowest BCUT2D eigenvalue weighted by Crippen LogP contribution is -2.07. The first kappa shape index (κ1) is 14.5. The highest BCUT2D eigenvalue weighted by Gasteiger charge is 2.04. The van der Waals surface area contributed by atoms with Crippen molar-refractivity contribution in [2.24, 2.45) is 0 Å². The van der Waals surface area contributed by atoms with Crippen LogP contribution in [0.3, 0.4) is 0 Å². The molecule has 1 aromatic heterocycles. The molecule has 0 saturated heterocycles. The fourth-order valence-corrected chi connectivity index (χ4v) is 2.19. The molecule has 0 saturated carbocycles. The molecule has 1 heterocycles. The molecule has 0 aliphatic carbocycles. The van der Waals surface area contributed by atoms with Crippen LogP contribution >= 0.6 is 0 Å². The fraction of sp³-hybridized carbons (Fsp3) is 0.412. The zero-order chi connectivity index (χ0) is 14.2. The average Bonchev–Trinajstić information content (AvgIpc) is 2.98. The number of imidazole rings is 1. The van der Waals surface area contributed by atoms with Gasteiger partial charge in [0.15, 0.2) is 0 Å². The van der Waals surface area contributed by atoms with Gasteiger partial charge in [-0.05, 0) is 24.0 Å². The molecule has 2 aromatic rings. The van der Waals surface area contributed by atoms with Crippen LogP contribution in [0.1, 0.15) is 37.3 Å². The summed E-state index contributed by atoms with van der Waals surface area (Å²) in [6.45, 7) is 2.92. The van der Waals surface area contributed by atoms with Gasteiger partial charge in [0.05, 0.1) is 6.33 Å². The van der Waals surface area contributed by atoms with Crippen LogP contribution in [-0.4, -0.2) is 15.3 Å². The van der Waals surface area contributed by atoms with Gasteiger partial charge in [-0.25, -0.2) is 4.98 Å². The number of hydrogen-bond acceptors (Lipinski definition) is 2. The number of rotatable bonds is 8. The van der Waals surface area contributed by atoms with E-state index in [0.717, 1.165) is 12.0 Å². The lowest BCUT2D eigenvalue weighted by Gasteiger charge is -2.04. The lowest BCUT2D eigenvalue weighted by atomic mass is 10.0. The highest BCUT2D eigenvalue weighted by Crippen LogP contribution is 2.09. The Morgan fingerprint density at radius 2 is 1.95 bits per heavy atom. The van der Waals surface area contributed by atoms with Crippen molar-refractivity contribution in [1.29, 1.82) is 0 Å². The number of aryl methyl sites for hydroxylation is 2. The van der Waals surface area contributed by atoms with E-state index in [9.17, 15) is 4.79 Å². The summed E-state index contributed by atoms with van der Waals surface area (Å²) < 4.78 is 1.94. The van der Waals surface area contributed by atoms with E-state index in [1.807, 2.05) is 10.8 Å². The largest absolute Gasteiger partial charge is 0.337 e. The van der Waals surface area contributed by atoms with Gasteiger partial charge in [-0.2, -0.15) is 0 Å². The topological polar surface area (TPSA) is 34.9 Å². The summed E-state index contributed by atoms with van der Waals surface area (Å²) in [5.41, 5.74) is 2.47. The smallest absolute Gasteiger partial charge is 0.139 e. The maximum atomic E-state index is 11.9. The molecule has 106 valence electrons. The van der Waals surface area contributed by atoms with Crippen molar-refractivity contribution in [3.05, 3.63) is 54.1 Å². The van der Waals surface area contributed by atoms with Crippen LogP contribution in [0.5, 0.6) is 0 Å². The van der Waals surface area contributed by atoms with E-state index < -0.39 is 0 Å². The molecule has 0 aliphatic heterocycles. The second-order valence-electron chi connectivity index (χ2n) is 5.19. The van der Waals surface area contributed by atoms with Crippen LogP contribution in [0.25, 0.3) is 0 Å². The van der Waals surface area contributed by atoms with Gasteiger partial charge in [-0.3, -0.25) is 4.79 Å². The Hall–Kier alpha value is -1.90. The van der Waals surface area contributed by atoms with Gasteiger partial charge in [0.25, 0.3) is 0 Å². The van der Waals surface area contributed by atoms with Crippen molar-refractivity contribution >= 4 is 5.78 Å². The maximum Gasteiger partial charge on any atom is 0.139 e. The molecule has 3 heteroatoms. The number of ketones is 1. The van der Waals surface area contributed by atoms with Gasteiger partial charge in [-0.15, -0.1) is 0 Å². The quantitative estimate of drug-likeness (QED) is 0.736. The highest BCUT2D eigenvalue weighted by molar-refractivity contribution is 5.80. The molecule has 0 bridgehead atoms. The molecule has 0 N–H and O–H groups in total. The van der Waals surface area contributed by atoms with Crippen LogP contribution in [0, 0.1) is 0 Å². The molecule has 2 rings (SSSR count). The maximum absolute atomic E-state index is 11.9.